The van der Waals surface area contributed by atoms with E-state index in [2.05, 4.69) is 125 Å². The Bertz CT molecular complexity index is 878. The number of hydrogen-bond acceptors (Lipinski definition) is 1. The average Bonchev–Trinajstić information content (AvgIpc) is 2.70. The van der Waals surface area contributed by atoms with E-state index in [1.165, 1.54) is 28.2 Å². The second-order valence-electron chi connectivity index (χ2n) is 9.27. The van der Waals surface area contributed by atoms with Gasteiger partial charge >= 0.3 is 0 Å². The summed E-state index contributed by atoms with van der Waals surface area (Å²) in [6.07, 6.45) is 0. The lowest BCUT2D eigenvalue weighted by Gasteiger charge is -2.28. The molecule has 0 unspecified atom stereocenters. The molecule has 3 aromatic rings. The highest BCUT2D eigenvalue weighted by molar-refractivity contribution is 5.77. The number of hydrogen-bond donors (Lipinski definition) is 0. The molecule has 0 heterocycles. The smallest absolute Gasteiger partial charge is 0.0464 e. The maximum atomic E-state index is 2.34. The Kier molecular flexibility index (Phi) is 7.30. The lowest BCUT2D eigenvalue weighted by atomic mass is 9.86. The predicted molar refractivity (Wildman–Crippen MR) is 130 cm³/mol. The summed E-state index contributed by atoms with van der Waals surface area (Å²) >= 11 is 0. The number of rotatable bonds is 3. The van der Waals surface area contributed by atoms with Crippen molar-refractivity contribution in [3.63, 3.8) is 0 Å². The van der Waals surface area contributed by atoms with E-state index >= 15 is 0 Å². The van der Waals surface area contributed by atoms with E-state index in [0.29, 0.717) is 0 Å². The van der Waals surface area contributed by atoms with Crippen LogP contribution >= 0.6 is 0 Å². The second-order valence-corrected chi connectivity index (χ2v) is 9.27. The Morgan fingerprint density at radius 3 is 1.48 bits per heavy atom. The predicted octanol–water partition coefficient (Wildman–Crippen LogP) is 8.78. The van der Waals surface area contributed by atoms with Crippen molar-refractivity contribution in [3.8, 4) is 0 Å². The number of anilines is 3. The molecule has 1 heteroatoms. The molecule has 0 radical (unpaired) electrons. The van der Waals surface area contributed by atoms with Crippen LogP contribution in [-0.2, 0) is 10.8 Å². The van der Waals surface area contributed by atoms with E-state index in [9.17, 15) is 0 Å². The molecule has 0 saturated heterocycles. The molecule has 0 aromatic heterocycles. The SMILES string of the molecule is CC.CC(C)(C)c1ccc(N(c2ccccc2)c2cccc(C(C)(C)C)c2)cc1. The first-order chi connectivity index (χ1) is 13.7. The van der Waals surface area contributed by atoms with Crippen molar-refractivity contribution in [1.29, 1.82) is 0 Å². The van der Waals surface area contributed by atoms with Crippen molar-refractivity contribution in [1.82, 2.24) is 0 Å². The standard InChI is InChI=1S/C26H31N.C2H6/c1-25(2,3)20-15-17-23(18-16-20)27(22-12-8-7-9-13-22)24-14-10-11-21(19-24)26(4,5)6;1-2/h7-19H,1-6H3;1-2H3. The van der Waals surface area contributed by atoms with Crippen LogP contribution in [0.25, 0.3) is 0 Å². The van der Waals surface area contributed by atoms with E-state index in [1.807, 2.05) is 13.8 Å². The van der Waals surface area contributed by atoms with Crippen LogP contribution in [0.15, 0.2) is 78.9 Å². The van der Waals surface area contributed by atoms with Crippen molar-refractivity contribution in [2.45, 2.75) is 66.2 Å². The van der Waals surface area contributed by atoms with Gasteiger partial charge in [0.15, 0.2) is 0 Å². The van der Waals surface area contributed by atoms with E-state index in [-0.39, 0.29) is 10.8 Å². The number of benzene rings is 3. The molecule has 154 valence electrons. The molecule has 0 saturated carbocycles. The minimum Gasteiger partial charge on any atom is -0.310 e. The molecule has 0 atom stereocenters. The van der Waals surface area contributed by atoms with Crippen LogP contribution in [0.5, 0.6) is 0 Å². The first-order valence-electron chi connectivity index (χ1n) is 10.7. The van der Waals surface area contributed by atoms with Gasteiger partial charge in [-0.2, -0.15) is 0 Å². The van der Waals surface area contributed by atoms with Gasteiger partial charge in [0.25, 0.3) is 0 Å². The Labute approximate surface area is 178 Å². The van der Waals surface area contributed by atoms with Crippen LogP contribution < -0.4 is 4.90 Å². The molecule has 0 bridgehead atoms. The van der Waals surface area contributed by atoms with Crippen molar-refractivity contribution in [2.24, 2.45) is 0 Å². The van der Waals surface area contributed by atoms with E-state index in [0.717, 1.165) is 0 Å². The Morgan fingerprint density at radius 2 is 0.966 bits per heavy atom. The lowest BCUT2D eigenvalue weighted by Crippen LogP contribution is -2.15. The maximum Gasteiger partial charge on any atom is 0.0464 e. The third-order valence-corrected chi connectivity index (χ3v) is 4.98. The largest absolute Gasteiger partial charge is 0.310 e. The van der Waals surface area contributed by atoms with Gasteiger partial charge in [-0.1, -0.05) is 97.9 Å². The van der Waals surface area contributed by atoms with Gasteiger partial charge in [-0.05, 0) is 58.4 Å². The molecule has 0 aliphatic carbocycles. The lowest BCUT2D eigenvalue weighted by molar-refractivity contribution is 0.590. The summed E-state index contributed by atoms with van der Waals surface area (Å²) in [6.45, 7) is 17.5. The molecule has 29 heavy (non-hydrogen) atoms. The summed E-state index contributed by atoms with van der Waals surface area (Å²) in [5.74, 6) is 0. The van der Waals surface area contributed by atoms with Gasteiger partial charge in [-0.3, -0.25) is 0 Å². The van der Waals surface area contributed by atoms with Crippen molar-refractivity contribution < 1.29 is 0 Å². The van der Waals surface area contributed by atoms with Crippen LogP contribution in [0, 0.1) is 0 Å². The monoisotopic (exact) mass is 387 g/mol. The summed E-state index contributed by atoms with van der Waals surface area (Å²) in [5.41, 5.74) is 6.51. The zero-order valence-corrected chi connectivity index (χ0v) is 19.5. The summed E-state index contributed by atoms with van der Waals surface area (Å²) in [5, 5.41) is 0. The Hall–Kier alpha value is -2.54. The van der Waals surface area contributed by atoms with Crippen LogP contribution in [0.2, 0.25) is 0 Å². The molecule has 0 fully saturated rings. The molecular weight excluding hydrogens is 350 g/mol. The molecule has 3 rings (SSSR count). The normalized spacial score (nSPS) is 11.4. The van der Waals surface area contributed by atoms with Gasteiger partial charge in [0.2, 0.25) is 0 Å². The number of nitrogens with zero attached hydrogens (tertiary/aromatic N) is 1. The fourth-order valence-corrected chi connectivity index (χ4v) is 3.25. The Morgan fingerprint density at radius 1 is 0.483 bits per heavy atom. The minimum atomic E-state index is 0.120. The number of para-hydroxylation sites is 1. The topological polar surface area (TPSA) is 3.24 Å². The molecule has 0 aliphatic rings. The highest BCUT2D eigenvalue weighted by Crippen LogP contribution is 2.37. The zero-order chi connectivity index (χ0) is 21.7. The molecule has 0 N–H and O–H groups in total. The second kappa shape index (κ2) is 9.31. The van der Waals surface area contributed by atoms with Crippen LogP contribution in [-0.4, -0.2) is 0 Å². The van der Waals surface area contributed by atoms with Crippen molar-refractivity contribution in [3.05, 3.63) is 90.0 Å². The van der Waals surface area contributed by atoms with Gasteiger partial charge in [0.1, 0.15) is 0 Å². The molecule has 1 nitrogen and oxygen atoms in total. The van der Waals surface area contributed by atoms with Crippen LogP contribution in [0.3, 0.4) is 0 Å². The van der Waals surface area contributed by atoms with E-state index in [1.54, 1.807) is 0 Å². The van der Waals surface area contributed by atoms with Gasteiger partial charge < -0.3 is 4.90 Å². The Balaban J connectivity index is 0.00000145. The zero-order valence-electron chi connectivity index (χ0n) is 19.5. The fourth-order valence-electron chi connectivity index (χ4n) is 3.25. The maximum absolute atomic E-state index is 2.34. The first kappa shape index (κ1) is 22.7. The van der Waals surface area contributed by atoms with E-state index < -0.39 is 0 Å². The molecular formula is C28H37N. The summed E-state index contributed by atoms with van der Waals surface area (Å²) in [4.78, 5) is 2.34. The fraction of sp³-hybridized carbons (Fsp3) is 0.357. The van der Waals surface area contributed by atoms with Gasteiger partial charge in [-0.15, -0.1) is 0 Å². The summed E-state index contributed by atoms with van der Waals surface area (Å²) in [7, 11) is 0. The quantitative estimate of drug-likeness (QED) is 0.434. The molecule has 0 spiro atoms. The molecule has 0 amide bonds. The highest BCUT2D eigenvalue weighted by Gasteiger charge is 2.19. The van der Waals surface area contributed by atoms with E-state index in [4.69, 9.17) is 0 Å². The minimum absolute atomic E-state index is 0.120. The third-order valence-electron chi connectivity index (χ3n) is 4.98. The van der Waals surface area contributed by atoms with Crippen molar-refractivity contribution >= 4 is 17.1 Å². The third kappa shape index (κ3) is 5.73. The van der Waals surface area contributed by atoms with Crippen LogP contribution in [0.1, 0.15) is 66.5 Å². The summed E-state index contributed by atoms with van der Waals surface area (Å²) in [6, 6.07) is 28.4. The molecule has 0 aliphatic heterocycles. The van der Waals surface area contributed by atoms with Crippen LogP contribution in [0.4, 0.5) is 17.1 Å². The van der Waals surface area contributed by atoms with Crippen molar-refractivity contribution in [2.75, 3.05) is 4.90 Å². The summed E-state index contributed by atoms with van der Waals surface area (Å²) < 4.78 is 0. The highest BCUT2D eigenvalue weighted by atomic mass is 15.1. The first-order valence-corrected chi connectivity index (χ1v) is 10.7. The van der Waals surface area contributed by atoms with Gasteiger partial charge in [-0.25, -0.2) is 0 Å². The molecule has 3 aromatic carbocycles. The van der Waals surface area contributed by atoms with Gasteiger partial charge in [0.05, 0.1) is 0 Å². The van der Waals surface area contributed by atoms with Gasteiger partial charge in [0, 0.05) is 17.1 Å². The average molecular weight is 388 g/mol.